The number of ether oxygens (including phenoxy) is 1. The maximum Gasteiger partial charge on any atom is 0.260 e. The fourth-order valence-corrected chi connectivity index (χ4v) is 4.05. The highest BCUT2D eigenvalue weighted by Gasteiger charge is 2.39. The van der Waals surface area contributed by atoms with E-state index in [1.165, 1.54) is 12.1 Å². The Kier molecular flexibility index (Phi) is 5.75. The van der Waals surface area contributed by atoms with E-state index >= 15 is 0 Å². The smallest absolute Gasteiger partial charge is 0.260 e. The van der Waals surface area contributed by atoms with Gasteiger partial charge in [0.25, 0.3) is 5.91 Å². The van der Waals surface area contributed by atoms with E-state index in [0.717, 1.165) is 36.0 Å². The minimum Gasteiger partial charge on any atom is -0.481 e. The van der Waals surface area contributed by atoms with Crippen LogP contribution in [-0.2, 0) is 16.0 Å². The molecule has 1 saturated carbocycles. The van der Waals surface area contributed by atoms with E-state index in [2.05, 4.69) is 5.32 Å². The molecule has 0 aromatic heterocycles. The molecule has 2 atom stereocenters. The van der Waals surface area contributed by atoms with Crippen LogP contribution in [0.3, 0.4) is 0 Å². The second kappa shape index (κ2) is 8.46. The van der Waals surface area contributed by atoms with E-state index in [0.29, 0.717) is 18.8 Å². The van der Waals surface area contributed by atoms with Crippen LogP contribution in [0.15, 0.2) is 42.5 Å². The first kappa shape index (κ1) is 20.4. The molecule has 0 bridgehead atoms. The zero-order valence-electron chi connectivity index (χ0n) is 17.4. The Labute approximate surface area is 176 Å². The number of rotatable bonds is 6. The quantitative estimate of drug-likeness (QED) is 0.792. The lowest BCUT2D eigenvalue weighted by molar-refractivity contribution is -0.134. The molecule has 1 aliphatic carbocycles. The zero-order chi connectivity index (χ0) is 21.3. The summed E-state index contributed by atoms with van der Waals surface area (Å²) in [6.07, 6.45) is 2.01. The van der Waals surface area contributed by atoms with Gasteiger partial charge >= 0.3 is 0 Å². The number of carbonyl (C=O) groups excluding carboxylic acids is 2. The van der Waals surface area contributed by atoms with Gasteiger partial charge in [-0.2, -0.15) is 0 Å². The first-order valence-electron chi connectivity index (χ1n) is 10.6. The molecule has 0 spiro atoms. The van der Waals surface area contributed by atoms with Crippen molar-refractivity contribution in [2.45, 2.75) is 45.3 Å². The number of benzene rings is 2. The lowest BCUT2D eigenvalue weighted by Gasteiger charge is -2.38. The maximum atomic E-state index is 13.6. The Morgan fingerprint density at radius 2 is 1.93 bits per heavy atom. The lowest BCUT2D eigenvalue weighted by Crippen LogP contribution is -2.41. The number of hydrogen-bond acceptors (Lipinski definition) is 3. The SMILES string of the molecule is CCNC(=O)C(C)Oc1ccc2c(c1)C(c1ccc(F)cc1)N(C(=O)C1CC1)CC2. The van der Waals surface area contributed by atoms with Crippen LogP contribution < -0.4 is 10.1 Å². The van der Waals surface area contributed by atoms with Gasteiger partial charge in [0.2, 0.25) is 5.91 Å². The number of hydrogen-bond donors (Lipinski definition) is 1. The molecule has 0 saturated heterocycles. The van der Waals surface area contributed by atoms with Crippen LogP contribution in [0.5, 0.6) is 5.75 Å². The van der Waals surface area contributed by atoms with Crippen molar-refractivity contribution in [3.05, 3.63) is 65.0 Å². The van der Waals surface area contributed by atoms with Crippen LogP contribution in [0.4, 0.5) is 4.39 Å². The van der Waals surface area contributed by atoms with E-state index in [4.69, 9.17) is 4.74 Å². The van der Waals surface area contributed by atoms with E-state index in [9.17, 15) is 14.0 Å². The summed E-state index contributed by atoms with van der Waals surface area (Å²) in [5, 5.41) is 2.76. The van der Waals surface area contributed by atoms with Crippen molar-refractivity contribution in [1.82, 2.24) is 10.2 Å². The molecule has 4 rings (SSSR count). The van der Waals surface area contributed by atoms with Crippen molar-refractivity contribution < 1.29 is 18.7 Å². The Morgan fingerprint density at radius 3 is 2.60 bits per heavy atom. The minimum absolute atomic E-state index is 0.103. The Morgan fingerprint density at radius 1 is 1.20 bits per heavy atom. The van der Waals surface area contributed by atoms with Crippen molar-refractivity contribution in [1.29, 1.82) is 0 Å². The first-order chi connectivity index (χ1) is 14.5. The van der Waals surface area contributed by atoms with Gasteiger partial charge in [-0.15, -0.1) is 0 Å². The molecule has 2 aliphatic rings. The molecule has 1 aliphatic heterocycles. The van der Waals surface area contributed by atoms with Crippen molar-refractivity contribution in [2.24, 2.45) is 5.92 Å². The summed E-state index contributed by atoms with van der Waals surface area (Å²) in [6, 6.07) is 11.9. The van der Waals surface area contributed by atoms with E-state index in [-0.39, 0.29) is 29.6 Å². The van der Waals surface area contributed by atoms with Gasteiger partial charge in [-0.1, -0.05) is 18.2 Å². The van der Waals surface area contributed by atoms with Gasteiger partial charge in [0.15, 0.2) is 6.10 Å². The second-order valence-corrected chi connectivity index (χ2v) is 8.03. The second-order valence-electron chi connectivity index (χ2n) is 8.03. The zero-order valence-corrected chi connectivity index (χ0v) is 17.4. The average molecular weight is 410 g/mol. The molecule has 1 fully saturated rings. The molecular weight excluding hydrogens is 383 g/mol. The number of carbonyl (C=O) groups is 2. The fourth-order valence-electron chi connectivity index (χ4n) is 4.05. The highest BCUT2D eigenvalue weighted by molar-refractivity contribution is 5.82. The van der Waals surface area contributed by atoms with Crippen LogP contribution in [0.25, 0.3) is 0 Å². The normalized spacial score (nSPS) is 19.0. The molecule has 30 heavy (non-hydrogen) atoms. The number of nitrogens with zero attached hydrogens (tertiary/aromatic N) is 1. The largest absolute Gasteiger partial charge is 0.481 e. The number of halogens is 1. The predicted octanol–water partition coefficient (Wildman–Crippen LogP) is 3.61. The van der Waals surface area contributed by atoms with Crippen molar-refractivity contribution >= 4 is 11.8 Å². The van der Waals surface area contributed by atoms with Crippen LogP contribution in [0, 0.1) is 11.7 Å². The number of likely N-dealkylation sites (N-methyl/N-ethyl adjacent to an activating group) is 1. The molecule has 1 heterocycles. The maximum absolute atomic E-state index is 13.6. The summed E-state index contributed by atoms with van der Waals surface area (Å²) >= 11 is 0. The van der Waals surface area contributed by atoms with Crippen molar-refractivity contribution in [3.63, 3.8) is 0 Å². The van der Waals surface area contributed by atoms with Crippen LogP contribution >= 0.6 is 0 Å². The average Bonchev–Trinajstić information content (AvgIpc) is 3.58. The summed E-state index contributed by atoms with van der Waals surface area (Å²) < 4.78 is 19.4. The topological polar surface area (TPSA) is 58.6 Å². The monoisotopic (exact) mass is 410 g/mol. The molecule has 0 radical (unpaired) electrons. The molecule has 5 nitrogen and oxygen atoms in total. The molecule has 1 N–H and O–H groups in total. The standard InChI is InChI=1S/C24H27FN2O3/c1-3-26-23(28)15(2)30-20-11-8-16-12-13-27(24(29)18-4-5-18)22(21(16)14-20)17-6-9-19(25)10-7-17/h6-11,14-15,18,22H,3-5,12-13H2,1-2H3,(H,26,28). The summed E-state index contributed by atoms with van der Waals surface area (Å²) in [5.41, 5.74) is 2.99. The third-order valence-corrected chi connectivity index (χ3v) is 5.77. The molecule has 6 heteroatoms. The first-order valence-corrected chi connectivity index (χ1v) is 10.6. The van der Waals surface area contributed by atoms with E-state index in [1.54, 1.807) is 19.1 Å². The summed E-state index contributed by atoms with van der Waals surface area (Å²) in [5.74, 6) is 0.377. The third-order valence-electron chi connectivity index (χ3n) is 5.77. The molecule has 2 aromatic rings. The molecule has 2 amide bonds. The van der Waals surface area contributed by atoms with Crippen LogP contribution in [0.1, 0.15) is 49.4 Å². The number of amides is 2. The van der Waals surface area contributed by atoms with E-state index < -0.39 is 6.10 Å². The van der Waals surface area contributed by atoms with Crippen LogP contribution in [-0.4, -0.2) is 35.9 Å². The van der Waals surface area contributed by atoms with Gasteiger partial charge in [-0.25, -0.2) is 4.39 Å². The molecule has 158 valence electrons. The summed E-state index contributed by atoms with van der Waals surface area (Å²) in [4.78, 5) is 27.0. The Hall–Kier alpha value is -2.89. The number of nitrogens with one attached hydrogen (secondary N) is 1. The van der Waals surface area contributed by atoms with Gasteiger partial charge in [0, 0.05) is 19.0 Å². The fraction of sp³-hybridized carbons (Fsp3) is 0.417. The summed E-state index contributed by atoms with van der Waals surface area (Å²) in [7, 11) is 0. The van der Waals surface area contributed by atoms with Gasteiger partial charge in [0.05, 0.1) is 6.04 Å². The molecule has 2 unspecified atom stereocenters. The summed E-state index contributed by atoms with van der Waals surface area (Å²) in [6.45, 7) is 4.76. The Balaban J connectivity index is 1.69. The molecule has 2 aromatic carbocycles. The van der Waals surface area contributed by atoms with Crippen molar-refractivity contribution in [3.8, 4) is 5.75 Å². The molecular formula is C24H27FN2O3. The van der Waals surface area contributed by atoms with Crippen molar-refractivity contribution in [2.75, 3.05) is 13.1 Å². The van der Waals surface area contributed by atoms with E-state index in [1.807, 2.05) is 30.0 Å². The van der Waals surface area contributed by atoms with Gasteiger partial charge in [0.1, 0.15) is 11.6 Å². The predicted molar refractivity (Wildman–Crippen MR) is 112 cm³/mol. The number of fused-ring (bicyclic) bond motifs is 1. The van der Waals surface area contributed by atoms with Gasteiger partial charge < -0.3 is 15.0 Å². The third kappa shape index (κ3) is 4.18. The van der Waals surface area contributed by atoms with Gasteiger partial charge in [-0.3, -0.25) is 9.59 Å². The highest BCUT2D eigenvalue weighted by Crippen LogP contribution is 2.41. The van der Waals surface area contributed by atoms with Crippen LogP contribution in [0.2, 0.25) is 0 Å². The van der Waals surface area contributed by atoms with Gasteiger partial charge in [-0.05, 0) is 74.1 Å². The minimum atomic E-state index is -0.625. The Bertz CT molecular complexity index is 940. The lowest BCUT2D eigenvalue weighted by atomic mass is 9.87. The highest BCUT2D eigenvalue weighted by atomic mass is 19.1.